The normalized spacial score (nSPS) is 10.7. The van der Waals surface area contributed by atoms with Crippen molar-refractivity contribution in [2.75, 3.05) is 14.2 Å². The Morgan fingerprint density at radius 2 is 1.74 bits per heavy atom. The van der Waals surface area contributed by atoms with Gasteiger partial charge in [0.15, 0.2) is 11.5 Å². The first-order chi connectivity index (χ1) is 11.1. The molecule has 0 unspecified atom stereocenters. The zero-order chi connectivity index (χ0) is 16.4. The number of para-hydroxylation sites is 1. The van der Waals surface area contributed by atoms with E-state index in [0.717, 1.165) is 5.56 Å². The minimum atomic E-state index is -0.691. The lowest BCUT2D eigenvalue weighted by atomic mass is 10.2. The summed E-state index contributed by atoms with van der Waals surface area (Å²) in [6.07, 6.45) is 0. The Bertz CT molecular complexity index is 971. The molecular weight excluding hydrogens is 298 g/mol. The van der Waals surface area contributed by atoms with E-state index in [0.29, 0.717) is 22.4 Å². The minimum absolute atomic E-state index is 0.253. The summed E-state index contributed by atoms with van der Waals surface area (Å²) in [5.41, 5.74) is 0.724. The van der Waals surface area contributed by atoms with Crippen molar-refractivity contribution in [2.45, 2.75) is 6.54 Å². The number of aromatic nitrogens is 1. The van der Waals surface area contributed by atoms with Crippen molar-refractivity contribution >= 4 is 10.9 Å². The van der Waals surface area contributed by atoms with Crippen molar-refractivity contribution in [2.24, 2.45) is 0 Å². The Hall–Kier alpha value is -3.02. The standard InChI is InChI=1S/C17H15NO5/c1-21-14-8-7-11(9-15(14)22-2)10-18-13-6-4-3-5-12(13)16(19)23-17(18)20/h3-9H,10H2,1-2H3. The van der Waals surface area contributed by atoms with Crippen LogP contribution in [0.5, 0.6) is 11.5 Å². The summed E-state index contributed by atoms with van der Waals surface area (Å²) < 4.78 is 16.7. The van der Waals surface area contributed by atoms with Crippen LogP contribution in [0.4, 0.5) is 0 Å². The second kappa shape index (κ2) is 6.00. The maximum atomic E-state index is 12.1. The zero-order valence-corrected chi connectivity index (χ0v) is 12.7. The van der Waals surface area contributed by atoms with Crippen LogP contribution in [0.15, 0.2) is 56.5 Å². The van der Waals surface area contributed by atoms with Crippen molar-refractivity contribution in [3.8, 4) is 11.5 Å². The molecule has 3 rings (SSSR count). The number of rotatable bonds is 4. The van der Waals surface area contributed by atoms with Crippen LogP contribution in [0.1, 0.15) is 5.56 Å². The SMILES string of the molecule is COc1ccc(Cn2c(=O)oc(=O)c3ccccc32)cc1OC. The molecule has 1 aromatic heterocycles. The third kappa shape index (κ3) is 2.70. The van der Waals surface area contributed by atoms with Crippen molar-refractivity contribution in [1.29, 1.82) is 0 Å². The van der Waals surface area contributed by atoms with E-state index in [1.54, 1.807) is 50.6 Å². The van der Waals surface area contributed by atoms with Gasteiger partial charge in [-0.25, -0.2) is 9.59 Å². The molecule has 0 N–H and O–H groups in total. The van der Waals surface area contributed by atoms with Crippen LogP contribution < -0.4 is 20.9 Å². The van der Waals surface area contributed by atoms with Crippen LogP contribution in [0, 0.1) is 0 Å². The van der Waals surface area contributed by atoms with E-state index in [9.17, 15) is 9.59 Å². The molecule has 0 aliphatic heterocycles. The average Bonchev–Trinajstić information content (AvgIpc) is 2.58. The van der Waals surface area contributed by atoms with Gasteiger partial charge in [-0.15, -0.1) is 0 Å². The molecule has 0 saturated carbocycles. The molecule has 0 bridgehead atoms. The molecule has 0 radical (unpaired) electrons. The molecule has 0 saturated heterocycles. The van der Waals surface area contributed by atoms with Gasteiger partial charge in [0, 0.05) is 0 Å². The molecule has 1 heterocycles. The Morgan fingerprint density at radius 3 is 2.48 bits per heavy atom. The van der Waals surface area contributed by atoms with Crippen LogP contribution in [0.25, 0.3) is 10.9 Å². The van der Waals surface area contributed by atoms with Crippen molar-refractivity contribution in [3.63, 3.8) is 0 Å². The number of nitrogens with zero attached hydrogens (tertiary/aromatic N) is 1. The molecule has 0 amide bonds. The highest BCUT2D eigenvalue weighted by Crippen LogP contribution is 2.27. The van der Waals surface area contributed by atoms with E-state index in [1.165, 1.54) is 4.57 Å². The van der Waals surface area contributed by atoms with Gasteiger partial charge in [-0.05, 0) is 29.8 Å². The maximum absolute atomic E-state index is 12.1. The van der Waals surface area contributed by atoms with Gasteiger partial charge in [0.2, 0.25) is 0 Å². The van der Waals surface area contributed by atoms with Gasteiger partial charge in [0.1, 0.15) is 0 Å². The van der Waals surface area contributed by atoms with Gasteiger partial charge in [-0.1, -0.05) is 18.2 Å². The number of benzene rings is 2. The Balaban J connectivity index is 2.12. The molecule has 23 heavy (non-hydrogen) atoms. The van der Waals surface area contributed by atoms with Crippen molar-refractivity contribution < 1.29 is 13.9 Å². The molecule has 2 aromatic carbocycles. The lowest BCUT2D eigenvalue weighted by Crippen LogP contribution is -2.25. The van der Waals surface area contributed by atoms with Crippen LogP contribution >= 0.6 is 0 Å². The van der Waals surface area contributed by atoms with E-state index in [-0.39, 0.29) is 6.54 Å². The summed E-state index contributed by atoms with van der Waals surface area (Å²) in [7, 11) is 3.10. The largest absolute Gasteiger partial charge is 0.493 e. The van der Waals surface area contributed by atoms with Gasteiger partial charge in [-0.3, -0.25) is 4.57 Å². The molecule has 118 valence electrons. The lowest BCUT2D eigenvalue weighted by molar-refractivity contribution is 0.354. The highest BCUT2D eigenvalue weighted by Gasteiger charge is 2.11. The molecular formula is C17H15NO5. The summed E-state index contributed by atoms with van der Waals surface area (Å²) in [6, 6.07) is 12.2. The molecule has 0 fully saturated rings. The molecule has 0 aliphatic carbocycles. The topological polar surface area (TPSA) is 70.7 Å². The molecule has 0 aliphatic rings. The molecule has 0 spiro atoms. The minimum Gasteiger partial charge on any atom is -0.493 e. The number of hydrogen-bond acceptors (Lipinski definition) is 5. The van der Waals surface area contributed by atoms with Crippen molar-refractivity contribution in [3.05, 3.63) is 69.0 Å². The molecule has 3 aromatic rings. The lowest BCUT2D eigenvalue weighted by Gasteiger charge is -2.11. The number of hydrogen-bond donors (Lipinski definition) is 0. The Morgan fingerprint density at radius 1 is 1.00 bits per heavy atom. The quantitative estimate of drug-likeness (QED) is 0.737. The highest BCUT2D eigenvalue weighted by molar-refractivity contribution is 5.77. The fourth-order valence-corrected chi connectivity index (χ4v) is 2.48. The molecule has 6 heteroatoms. The summed E-state index contributed by atoms with van der Waals surface area (Å²) in [6.45, 7) is 0.253. The predicted molar refractivity (Wildman–Crippen MR) is 85.4 cm³/mol. The van der Waals surface area contributed by atoms with E-state index >= 15 is 0 Å². The van der Waals surface area contributed by atoms with Gasteiger partial charge in [-0.2, -0.15) is 0 Å². The first-order valence-electron chi connectivity index (χ1n) is 6.97. The van der Waals surface area contributed by atoms with Gasteiger partial charge < -0.3 is 13.9 Å². The maximum Gasteiger partial charge on any atom is 0.422 e. The van der Waals surface area contributed by atoms with Crippen LogP contribution in [-0.4, -0.2) is 18.8 Å². The van der Waals surface area contributed by atoms with Crippen LogP contribution in [0.3, 0.4) is 0 Å². The molecule has 0 atom stereocenters. The first-order valence-corrected chi connectivity index (χ1v) is 6.97. The van der Waals surface area contributed by atoms with E-state index in [4.69, 9.17) is 13.9 Å². The van der Waals surface area contributed by atoms with Crippen LogP contribution in [-0.2, 0) is 6.54 Å². The summed E-state index contributed by atoms with van der Waals surface area (Å²) in [5, 5.41) is 0.368. The average molecular weight is 313 g/mol. The molecule has 6 nitrogen and oxygen atoms in total. The summed E-state index contributed by atoms with van der Waals surface area (Å²) >= 11 is 0. The fourth-order valence-electron chi connectivity index (χ4n) is 2.48. The smallest absolute Gasteiger partial charge is 0.422 e. The van der Waals surface area contributed by atoms with Gasteiger partial charge >= 0.3 is 11.4 Å². The summed E-state index contributed by atoms with van der Waals surface area (Å²) in [4.78, 5) is 23.8. The number of ether oxygens (including phenoxy) is 2. The van der Waals surface area contributed by atoms with E-state index in [2.05, 4.69) is 0 Å². The van der Waals surface area contributed by atoms with Gasteiger partial charge in [0.25, 0.3) is 0 Å². The third-order valence-electron chi connectivity index (χ3n) is 3.60. The third-order valence-corrected chi connectivity index (χ3v) is 3.60. The fraction of sp³-hybridized carbons (Fsp3) is 0.176. The number of fused-ring (bicyclic) bond motifs is 1. The highest BCUT2D eigenvalue weighted by atomic mass is 16.5. The predicted octanol–water partition coefficient (Wildman–Crippen LogP) is 2.02. The second-order valence-corrected chi connectivity index (χ2v) is 4.95. The Kier molecular flexibility index (Phi) is 3.89. The van der Waals surface area contributed by atoms with E-state index < -0.39 is 11.4 Å². The van der Waals surface area contributed by atoms with Crippen LogP contribution in [0.2, 0.25) is 0 Å². The Labute approximate surface area is 131 Å². The first kappa shape index (κ1) is 14.9. The second-order valence-electron chi connectivity index (χ2n) is 4.95. The zero-order valence-electron chi connectivity index (χ0n) is 12.7. The number of methoxy groups -OCH3 is 2. The van der Waals surface area contributed by atoms with Crippen molar-refractivity contribution in [1.82, 2.24) is 4.57 Å². The summed E-state index contributed by atoms with van der Waals surface area (Å²) in [5.74, 6) is 0.483. The monoisotopic (exact) mass is 313 g/mol. The van der Waals surface area contributed by atoms with E-state index in [1.807, 2.05) is 6.07 Å². The van der Waals surface area contributed by atoms with Gasteiger partial charge in [0.05, 0.1) is 31.7 Å².